The van der Waals surface area contributed by atoms with Gasteiger partial charge in [-0.2, -0.15) is 0 Å². The molecule has 1 atom stereocenters. The van der Waals surface area contributed by atoms with Crippen molar-refractivity contribution in [1.29, 1.82) is 0 Å². The van der Waals surface area contributed by atoms with E-state index >= 15 is 0 Å². The van der Waals surface area contributed by atoms with Crippen molar-refractivity contribution in [3.63, 3.8) is 0 Å². The van der Waals surface area contributed by atoms with E-state index in [1.165, 1.54) is 22.5 Å². The molecule has 162 valence electrons. The predicted octanol–water partition coefficient (Wildman–Crippen LogP) is 5.51. The fraction of sp³-hybridized carbons (Fsp3) is 0.583. The molecule has 1 aromatic carbocycles. The van der Waals surface area contributed by atoms with Crippen LogP contribution in [0.15, 0.2) is 24.3 Å². The Labute approximate surface area is 183 Å². The fourth-order valence-corrected chi connectivity index (χ4v) is 5.36. The van der Waals surface area contributed by atoms with E-state index in [0.717, 1.165) is 29.7 Å². The zero-order valence-corrected chi connectivity index (χ0v) is 19.8. The van der Waals surface area contributed by atoms with E-state index in [9.17, 15) is 4.79 Å². The van der Waals surface area contributed by atoms with Crippen LogP contribution in [-0.2, 0) is 10.2 Å². The van der Waals surface area contributed by atoms with Crippen molar-refractivity contribution < 1.29 is 9.53 Å². The minimum atomic E-state index is -0.512. The van der Waals surface area contributed by atoms with Gasteiger partial charge in [0, 0.05) is 24.1 Å². The van der Waals surface area contributed by atoms with Crippen LogP contribution >= 0.6 is 11.3 Å². The highest BCUT2D eigenvalue weighted by Gasteiger charge is 2.47. The Bertz CT molecular complexity index is 982. The molecule has 6 heteroatoms. The van der Waals surface area contributed by atoms with Gasteiger partial charge in [-0.25, -0.2) is 9.78 Å². The molecule has 1 saturated carbocycles. The summed E-state index contributed by atoms with van der Waals surface area (Å²) < 4.78 is 6.90. The highest BCUT2D eigenvalue weighted by Crippen LogP contribution is 2.50. The highest BCUT2D eigenvalue weighted by atomic mass is 32.1. The number of ether oxygens (including phenoxy) is 1. The molecule has 0 radical (unpaired) electrons. The molecule has 0 bridgehead atoms. The Hall–Kier alpha value is -1.92. The zero-order chi connectivity index (χ0) is 21.7. The number of hydrogen-bond donors (Lipinski definition) is 0. The number of rotatable bonds is 4. The summed E-state index contributed by atoms with van der Waals surface area (Å²) in [5.74, 6) is 0.414. The fourth-order valence-electron chi connectivity index (χ4n) is 4.18. The Morgan fingerprint density at radius 1 is 1.33 bits per heavy atom. The first-order valence-electron chi connectivity index (χ1n) is 10.8. The third kappa shape index (κ3) is 4.40. The normalized spacial score (nSPS) is 21.1. The van der Waals surface area contributed by atoms with Crippen LogP contribution in [0.25, 0.3) is 15.9 Å². The van der Waals surface area contributed by atoms with Gasteiger partial charge in [0.1, 0.15) is 10.6 Å². The summed E-state index contributed by atoms with van der Waals surface area (Å²) in [5, 5.41) is 1.25. The number of carbonyl (C=O) groups excluding carboxylic acids is 1. The number of carbonyl (C=O) groups is 1. The van der Waals surface area contributed by atoms with E-state index in [-0.39, 0.29) is 11.5 Å². The van der Waals surface area contributed by atoms with Crippen molar-refractivity contribution in [3.05, 3.63) is 34.8 Å². The van der Waals surface area contributed by atoms with E-state index < -0.39 is 5.60 Å². The predicted molar refractivity (Wildman–Crippen MR) is 124 cm³/mol. The van der Waals surface area contributed by atoms with Crippen molar-refractivity contribution in [3.8, 4) is 0 Å². The molecule has 30 heavy (non-hydrogen) atoms. The first kappa shape index (κ1) is 21.3. The molecule has 2 heterocycles. The summed E-state index contributed by atoms with van der Waals surface area (Å²) in [6.45, 7) is 9.62. The zero-order valence-electron chi connectivity index (χ0n) is 19.0. The van der Waals surface area contributed by atoms with E-state index in [1.54, 1.807) is 4.90 Å². The van der Waals surface area contributed by atoms with Crippen LogP contribution in [0.4, 0.5) is 4.79 Å². The van der Waals surface area contributed by atoms with Crippen molar-refractivity contribution in [1.82, 2.24) is 14.8 Å². The van der Waals surface area contributed by atoms with Gasteiger partial charge in [0.2, 0.25) is 0 Å². The second-order valence-corrected chi connectivity index (χ2v) is 11.3. The monoisotopic (exact) mass is 427 g/mol. The van der Waals surface area contributed by atoms with Crippen molar-refractivity contribution in [2.75, 3.05) is 27.2 Å². The highest BCUT2D eigenvalue weighted by molar-refractivity contribution is 7.18. The molecule has 1 aromatic heterocycles. The summed E-state index contributed by atoms with van der Waals surface area (Å²) in [6.07, 6.45) is 5.28. The van der Waals surface area contributed by atoms with Crippen LogP contribution in [0.2, 0.25) is 0 Å². The summed E-state index contributed by atoms with van der Waals surface area (Å²) in [5.41, 5.74) is 2.72. The van der Waals surface area contributed by atoms with Crippen LogP contribution in [0.5, 0.6) is 0 Å². The molecule has 0 spiro atoms. The van der Waals surface area contributed by atoms with Crippen molar-refractivity contribution in [2.45, 2.75) is 58.0 Å². The minimum absolute atomic E-state index is 0.232. The van der Waals surface area contributed by atoms with Gasteiger partial charge >= 0.3 is 6.09 Å². The molecule has 2 aliphatic rings. The summed E-state index contributed by atoms with van der Waals surface area (Å²) in [4.78, 5) is 22.0. The number of amides is 1. The molecule has 0 saturated heterocycles. The SMILES string of the molecule is C[C@H]1CC=C(c2ccc3sc(C4(CN(C)C)CC4)nc3c2)N(C(=O)OC(C)(C)C)C1. The number of benzene rings is 1. The Balaban J connectivity index is 1.65. The number of thiazole rings is 1. The average Bonchev–Trinajstić information content (AvgIpc) is 3.27. The molecule has 0 unspecified atom stereocenters. The third-order valence-electron chi connectivity index (χ3n) is 5.72. The first-order valence-corrected chi connectivity index (χ1v) is 11.6. The van der Waals surface area contributed by atoms with Gasteiger partial charge in [-0.15, -0.1) is 11.3 Å². The standard InChI is InChI=1S/C24H33N3O2S/c1-16-7-9-19(27(14-16)22(28)29-23(2,3)4)17-8-10-20-18(13-17)25-21(30-20)24(11-12-24)15-26(5)6/h8-10,13,16H,7,11-12,14-15H2,1-6H3/t16-/m0/s1. The van der Waals surface area contributed by atoms with Crippen LogP contribution < -0.4 is 0 Å². The van der Waals surface area contributed by atoms with Gasteiger partial charge in [-0.3, -0.25) is 4.90 Å². The van der Waals surface area contributed by atoms with E-state index in [1.807, 2.05) is 32.1 Å². The molecule has 1 amide bonds. The Morgan fingerprint density at radius 2 is 2.07 bits per heavy atom. The number of fused-ring (bicyclic) bond motifs is 1. The lowest BCUT2D eigenvalue weighted by Gasteiger charge is -2.33. The second kappa shape index (κ2) is 7.65. The number of aromatic nitrogens is 1. The maximum atomic E-state index is 12.9. The van der Waals surface area contributed by atoms with Crippen LogP contribution in [-0.4, -0.2) is 53.7 Å². The van der Waals surface area contributed by atoms with Crippen LogP contribution in [0, 0.1) is 5.92 Å². The number of likely N-dealkylation sites (N-methyl/N-ethyl adjacent to an activating group) is 1. The van der Waals surface area contributed by atoms with Gasteiger partial charge in [-0.1, -0.05) is 19.1 Å². The number of nitrogens with zero attached hydrogens (tertiary/aromatic N) is 3. The summed E-state index contributed by atoms with van der Waals surface area (Å²) >= 11 is 1.82. The molecule has 1 aliphatic heterocycles. The van der Waals surface area contributed by atoms with Crippen molar-refractivity contribution in [2.24, 2.45) is 5.92 Å². The topological polar surface area (TPSA) is 45.7 Å². The maximum absolute atomic E-state index is 12.9. The summed E-state index contributed by atoms with van der Waals surface area (Å²) in [6, 6.07) is 6.42. The largest absolute Gasteiger partial charge is 0.443 e. The maximum Gasteiger partial charge on any atom is 0.414 e. The average molecular weight is 428 g/mol. The third-order valence-corrected chi connectivity index (χ3v) is 7.00. The van der Waals surface area contributed by atoms with Crippen molar-refractivity contribution >= 4 is 33.3 Å². The number of hydrogen-bond acceptors (Lipinski definition) is 5. The lowest BCUT2D eigenvalue weighted by atomic mass is 9.98. The molecule has 1 aliphatic carbocycles. The molecule has 5 nitrogen and oxygen atoms in total. The Kier molecular flexibility index (Phi) is 5.43. The van der Waals surface area contributed by atoms with Gasteiger partial charge in [0.25, 0.3) is 0 Å². The smallest absolute Gasteiger partial charge is 0.414 e. The van der Waals surface area contributed by atoms with E-state index in [2.05, 4.69) is 50.2 Å². The van der Waals surface area contributed by atoms with Gasteiger partial charge in [0.05, 0.1) is 15.9 Å². The number of allylic oxidation sites excluding steroid dienone is 1. The van der Waals surface area contributed by atoms with Crippen LogP contribution in [0.3, 0.4) is 0 Å². The van der Waals surface area contributed by atoms with E-state index in [4.69, 9.17) is 9.72 Å². The molecular formula is C24H33N3O2S. The molecular weight excluding hydrogens is 394 g/mol. The van der Waals surface area contributed by atoms with Gasteiger partial charge < -0.3 is 9.64 Å². The lowest BCUT2D eigenvalue weighted by molar-refractivity contribution is 0.0327. The molecule has 2 aromatic rings. The van der Waals surface area contributed by atoms with Gasteiger partial charge in [0.15, 0.2) is 0 Å². The van der Waals surface area contributed by atoms with E-state index in [0.29, 0.717) is 12.5 Å². The molecule has 1 fully saturated rings. The molecule has 0 N–H and O–H groups in total. The Morgan fingerprint density at radius 3 is 2.70 bits per heavy atom. The quantitative estimate of drug-likeness (QED) is 0.646. The molecule has 4 rings (SSSR count). The second-order valence-electron chi connectivity index (χ2n) is 10.2. The lowest BCUT2D eigenvalue weighted by Crippen LogP contribution is -2.39. The first-order chi connectivity index (χ1) is 14.1. The summed E-state index contributed by atoms with van der Waals surface area (Å²) in [7, 11) is 4.26. The van der Waals surface area contributed by atoms with Crippen LogP contribution in [0.1, 0.15) is 57.5 Å². The minimum Gasteiger partial charge on any atom is -0.443 e. The van der Waals surface area contributed by atoms with Gasteiger partial charge in [-0.05, 0) is 72.2 Å².